The number of hydrogen-bond donors (Lipinski definition) is 1. The van der Waals surface area contributed by atoms with Gasteiger partial charge in [0.1, 0.15) is 5.75 Å². The van der Waals surface area contributed by atoms with Gasteiger partial charge in [-0.1, -0.05) is 18.5 Å². The van der Waals surface area contributed by atoms with Crippen LogP contribution >= 0.6 is 11.6 Å². The molecule has 0 radical (unpaired) electrons. The van der Waals surface area contributed by atoms with Crippen LogP contribution in [0.15, 0.2) is 6.07 Å². The first-order chi connectivity index (χ1) is 7.02. The molecule has 3 heteroatoms. The van der Waals surface area contributed by atoms with E-state index in [0.717, 1.165) is 11.3 Å². The first-order valence-corrected chi connectivity index (χ1v) is 5.44. The number of nitrogens with two attached hydrogens (primary N) is 1. The van der Waals surface area contributed by atoms with Crippen LogP contribution < -0.4 is 10.5 Å². The van der Waals surface area contributed by atoms with Crippen molar-refractivity contribution in [1.82, 2.24) is 0 Å². The standard InChI is InChI=1S/C12H18ClNO/c1-7-5-10(15-4)12(13)9(3)11(7)8(2)6-14/h5,8H,6,14H2,1-4H3. The summed E-state index contributed by atoms with van der Waals surface area (Å²) in [5, 5.41) is 0.693. The summed E-state index contributed by atoms with van der Waals surface area (Å²) in [6.45, 7) is 6.81. The van der Waals surface area contributed by atoms with Crippen molar-refractivity contribution in [2.24, 2.45) is 5.73 Å². The Hall–Kier alpha value is -0.730. The first-order valence-electron chi connectivity index (χ1n) is 5.06. The lowest BCUT2D eigenvalue weighted by Gasteiger charge is -2.18. The average molecular weight is 228 g/mol. The molecule has 0 saturated carbocycles. The molecule has 0 fully saturated rings. The molecule has 1 aromatic carbocycles. The zero-order valence-corrected chi connectivity index (χ0v) is 10.5. The lowest BCUT2D eigenvalue weighted by atomic mass is 9.92. The van der Waals surface area contributed by atoms with Crippen LogP contribution in [0.2, 0.25) is 5.02 Å². The van der Waals surface area contributed by atoms with Crippen molar-refractivity contribution in [1.29, 1.82) is 0 Å². The molecule has 1 rings (SSSR count). The second-order valence-corrected chi connectivity index (χ2v) is 4.26. The zero-order chi connectivity index (χ0) is 11.6. The van der Waals surface area contributed by atoms with Gasteiger partial charge in [0.2, 0.25) is 0 Å². The van der Waals surface area contributed by atoms with Crippen LogP contribution in [0.5, 0.6) is 5.75 Å². The maximum Gasteiger partial charge on any atom is 0.138 e. The number of aryl methyl sites for hydroxylation is 1. The van der Waals surface area contributed by atoms with E-state index in [0.29, 0.717) is 17.5 Å². The third kappa shape index (κ3) is 2.27. The minimum absolute atomic E-state index is 0.327. The smallest absolute Gasteiger partial charge is 0.138 e. The van der Waals surface area contributed by atoms with Gasteiger partial charge in [-0.3, -0.25) is 0 Å². The number of rotatable bonds is 3. The molecule has 2 nitrogen and oxygen atoms in total. The Morgan fingerprint density at radius 3 is 2.53 bits per heavy atom. The molecule has 0 bridgehead atoms. The van der Waals surface area contributed by atoms with Crippen molar-refractivity contribution < 1.29 is 4.74 Å². The molecule has 0 amide bonds. The summed E-state index contributed by atoms with van der Waals surface area (Å²) in [6.07, 6.45) is 0. The van der Waals surface area contributed by atoms with E-state index in [2.05, 4.69) is 13.8 Å². The molecule has 2 N–H and O–H groups in total. The van der Waals surface area contributed by atoms with Gasteiger partial charge in [0.05, 0.1) is 12.1 Å². The fourth-order valence-corrected chi connectivity index (χ4v) is 2.19. The van der Waals surface area contributed by atoms with E-state index in [4.69, 9.17) is 22.1 Å². The van der Waals surface area contributed by atoms with Crippen LogP contribution in [0.25, 0.3) is 0 Å². The Balaban J connectivity index is 3.35. The molecular weight excluding hydrogens is 210 g/mol. The molecule has 0 aromatic heterocycles. The minimum atomic E-state index is 0.327. The van der Waals surface area contributed by atoms with Gasteiger partial charge in [0.15, 0.2) is 0 Å². The predicted octanol–water partition coefficient (Wildman–Crippen LogP) is 3.03. The summed E-state index contributed by atoms with van der Waals surface area (Å²) >= 11 is 6.21. The highest BCUT2D eigenvalue weighted by molar-refractivity contribution is 6.33. The summed E-state index contributed by atoms with van der Waals surface area (Å²) in [7, 11) is 1.63. The van der Waals surface area contributed by atoms with Crippen LogP contribution in [-0.4, -0.2) is 13.7 Å². The second kappa shape index (κ2) is 4.86. The third-order valence-corrected chi connectivity index (χ3v) is 3.26. The maximum absolute atomic E-state index is 6.21. The number of hydrogen-bond acceptors (Lipinski definition) is 2. The van der Waals surface area contributed by atoms with Gasteiger partial charge in [-0.2, -0.15) is 0 Å². The minimum Gasteiger partial charge on any atom is -0.495 e. The van der Waals surface area contributed by atoms with E-state index < -0.39 is 0 Å². The quantitative estimate of drug-likeness (QED) is 0.862. The van der Waals surface area contributed by atoms with Crippen LogP contribution in [0.1, 0.15) is 29.5 Å². The SMILES string of the molecule is COc1cc(C)c(C(C)CN)c(C)c1Cl. The molecule has 0 aliphatic carbocycles. The Bertz CT molecular complexity index is 363. The molecule has 0 saturated heterocycles. The fraction of sp³-hybridized carbons (Fsp3) is 0.500. The van der Waals surface area contributed by atoms with E-state index >= 15 is 0 Å². The normalized spacial score (nSPS) is 12.7. The Kier molecular flexibility index (Phi) is 4.00. The molecule has 1 unspecified atom stereocenters. The lowest BCUT2D eigenvalue weighted by Crippen LogP contribution is -2.12. The number of ether oxygens (including phenoxy) is 1. The van der Waals surface area contributed by atoms with Gasteiger partial charge in [0, 0.05) is 0 Å². The molecular formula is C12H18ClNO. The molecule has 0 spiro atoms. The second-order valence-electron chi connectivity index (χ2n) is 3.89. The van der Waals surface area contributed by atoms with Gasteiger partial charge in [-0.15, -0.1) is 0 Å². The Morgan fingerprint density at radius 1 is 1.47 bits per heavy atom. The van der Waals surface area contributed by atoms with E-state index in [1.165, 1.54) is 11.1 Å². The number of benzene rings is 1. The fourth-order valence-electron chi connectivity index (χ4n) is 1.96. The summed E-state index contributed by atoms with van der Waals surface area (Å²) < 4.78 is 5.21. The van der Waals surface area contributed by atoms with E-state index in [1.54, 1.807) is 7.11 Å². The summed E-state index contributed by atoms with van der Waals surface area (Å²) in [4.78, 5) is 0. The monoisotopic (exact) mass is 227 g/mol. The molecule has 0 aliphatic heterocycles. The van der Waals surface area contributed by atoms with Crippen molar-refractivity contribution in [2.45, 2.75) is 26.7 Å². The zero-order valence-electron chi connectivity index (χ0n) is 9.73. The molecule has 0 aliphatic rings. The van der Waals surface area contributed by atoms with Gasteiger partial charge in [0.25, 0.3) is 0 Å². The average Bonchev–Trinajstić information content (AvgIpc) is 2.23. The van der Waals surface area contributed by atoms with Crippen LogP contribution in [0.3, 0.4) is 0 Å². The highest BCUT2D eigenvalue weighted by Crippen LogP contribution is 2.35. The lowest BCUT2D eigenvalue weighted by molar-refractivity contribution is 0.414. The van der Waals surface area contributed by atoms with Gasteiger partial charge >= 0.3 is 0 Å². The summed E-state index contributed by atoms with van der Waals surface area (Å²) in [5.41, 5.74) is 9.19. The highest BCUT2D eigenvalue weighted by Gasteiger charge is 2.15. The molecule has 1 aromatic rings. The number of halogens is 1. The van der Waals surface area contributed by atoms with Crippen molar-refractivity contribution >= 4 is 11.6 Å². The first kappa shape index (κ1) is 12.3. The van der Waals surface area contributed by atoms with E-state index in [-0.39, 0.29) is 0 Å². The summed E-state index contributed by atoms with van der Waals surface area (Å²) in [6, 6.07) is 1.97. The molecule has 0 heterocycles. The van der Waals surface area contributed by atoms with Crippen LogP contribution in [-0.2, 0) is 0 Å². The van der Waals surface area contributed by atoms with Gasteiger partial charge < -0.3 is 10.5 Å². The van der Waals surface area contributed by atoms with E-state index in [9.17, 15) is 0 Å². The van der Waals surface area contributed by atoms with Crippen LogP contribution in [0.4, 0.5) is 0 Å². The molecule has 1 atom stereocenters. The van der Waals surface area contributed by atoms with Crippen molar-refractivity contribution in [3.8, 4) is 5.75 Å². The third-order valence-electron chi connectivity index (χ3n) is 2.79. The van der Waals surface area contributed by atoms with Crippen molar-refractivity contribution in [2.75, 3.05) is 13.7 Å². The Labute approximate surface area is 96.4 Å². The molecule has 15 heavy (non-hydrogen) atoms. The largest absolute Gasteiger partial charge is 0.495 e. The highest BCUT2D eigenvalue weighted by atomic mass is 35.5. The summed E-state index contributed by atoms with van der Waals surface area (Å²) in [5.74, 6) is 1.06. The molecule has 84 valence electrons. The van der Waals surface area contributed by atoms with Crippen molar-refractivity contribution in [3.63, 3.8) is 0 Å². The maximum atomic E-state index is 6.21. The predicted molar refractivity (Wildman–Crippen MR) is 64.9 cm³/mol. The van der Waals surface area contributed by atoms with Crippen molar-refractivity contribution in [3.05, 3.63) is 27.8 Å². The topological polar surface area (TPSA) is 35.2 Å². The van der Waals surface area contributed by atoms with E-state index in [1.807, 2.05) is 13.0 Å². The van der Waals surface area contributed by atoms with Gasteiger partial charge in [-0.05, 0) is 49.1 Å². The number of methoxy groups -OCH3 is 1. The van der Waals surface area contributed by atoms with Crippen LogP contribution in [0, 0.1) is 13.8 Å². The van der Waals surface area contributed by atoms with Gasteiger partial charge in [-0.25, -0.2) is 0 Å². The Morgan fingerprint density at radius 2 is 2.07 bits per heavy atom.